The van der Waals surface area contributed by atoms with Gasteiger partial charge in [-0.25, -0.2) is 12.7 Å². The lowest BCUT2D eigenvalue weighted by Crippen LogP contribution is -2.23. The van der Waals surface area contributed by atoms with E-state index in [1.54, 1.807) is 0 Å². The average Bonchev–Trinajstić information content (AvgIpc) is 2.52. The highest BCUT2D eigenvalue weighted by Crippen LogP contribution is 2.31. The van der Waals surface area contributed by atoms with Gasteiger partial charge in [0.2, 0.25) is 10.0 Å². The molecule has 1 amide bonds. The van der Waals surface area contributed by atoms with Crippen molar-refractivity contribution in [3.05, 3.63) is 51.0 Å². The third-order valence-corrected chi connectivity index (χ3v) is 6.21. The van der Waals surface area contributed by atoms with Crippen LogP contribution in [0, 0.1) is 0 Å². The predicted octanol–water partition coefficient (Wildman–Crippen LogP) is 3.73. The summed E-state index contributed by atoms with van der Waals surface area (Å²) in [5.74, 6) is -0.552. The number of amides is 1. The van der Waals surface area contributed by atoms with E-state index in [0.717, 1.165) is 4.31 Å². The Kier molecular flexibility index (Phi) is 5.86. The summed E-state index contributed by atoms with van der Waals surface area (Å²) >= 11 is 17.8. The first-order valence-electron chi connectivity index (χ1n) is 6.82. The number of carbonyl (C=O) groups is 1. The van der Waals surface area contributed by atoms with Gasteiger partial charge in [0, 0.05) is 25.3 Å². The number of nitrogens with two attached hydrogens (primary N) is 1. The first-order chi connectivity index (χ1) is 11.5. The molecule has 25 heavy (non-hydrogen) atoms. The number of rotatable bonds is 4. The molecule has 0 heterocycles. The number of carbonyl (C=O) groups excluding carboxylic acids is 1. The number of hydrogen-bond donors (Lipinski definition) is 2. The number of hydrogen-bond acceptors (Lipinski definition) is 4. The molecule has 10 heteroatoms. The summed E-state index contributed by atoms with van der Waals surface area (Å²) in [5.41, 5.74) is 6.27. The van der Waals surface area contributed by atoms with Crippen LogP contribution in [0.4, 0.5) is 11.4 Å². The van der Waals surface area contributed by atoms with Gasteiger partial charge in [0.15, 0.2) is 0 Å². The zero-order valence-corrected chi connectivity index (χ0v) is 16.3. The Balaban J connectivity index is 2.38. The molecule has 0 aliphatic heterocycles. The van der Waals surface area contributed by atoms with Crippen LogP contribution >= 0.6 is 34.8 Å². The van der Waals surface area contributed by atoms with Crippen LogP contribution in [0.5, 0.6) is 0 Å². The standard InChI is InChI=1S/C15H14Cl3N3O3S/c1-21(2)25(23,24)13-5-8(3-4-10(13)16)15(22)20-9-6-11(17)14(19)12(18)7-9/h3-7H,19H2,1-2H3,(H,20,22). The number of benzene rings is 2. The third-order valence-electron chi connectivity index (χ3n) is 3.29. The normalized spacial score (nSPS) is 11.6. The van der Waals surface area contributed by atoms with Crippen molar-refractivity contribution in [2.75, 3.05) is 25.1 Å². The SMILES string of the molecule is CN(C)S(=O)(=O)c1cc(C(=O)Nc2cc(Cl)c(N)c(Cl)c2)ccc1Cl. The number of nitrogen functional groups attached to an aromatic ring is 1. The fourth-order valence-electron chi connectivity index (χ4n) is 1.90. The van der Waals surface area contributed by atoms with Gasteiger partial charge in [0.25, 0.3) is 5.91 Å². The predicted molar refractivity (Wildman–Crippen MR) is 101 cm³/mol. The Morgan fingerprint density at radius 1 is 1.04 bits per heavy atom. The van der Waals surface area contributed by atoms with Crippen molar-refractivity contribution in [1.29, 1.82) is 0 Å². The van der Waals surface area contributed by atoms with Gasteiger partial charge in [0.05, 0.1) is 20.8 Å². The Labute approximate surface area is 160 Å². The largest absolute Gasteiger partial charge is 0.396 e. The van der Waals surface area contributed by atoms with E-state index in [9.17, 15) is 13.2 Å². The summed E-state index contributed by atoms with van der Waals surface area (Å²) in [7, 11) is -1.05. The van der Waals surface area contributed by atoms with Gasteiger partial charge in [-0.2, -0.15) is 0 Å². The highest BCUT2D eigenvalue weighted by Gasteiger charge is 2.22. The zero-order valence-electron chi connectivity index (χ0n) is 13.2. The molecule has 134 valence electrons. The second-order valence-corrected chi connectivity index (χ2v) is 8.58. The lowest BCUT2D eigenvalue weighted by atomic mass is 10.2. The minimum absolute atomic E-state index is 0.0174. The molecule has 0 aromatic heterocycles. The van der Waals surface area contributed by atoms with Crippen LogP contribution in [-0.4, -0.2) is 32.7 Å². The Hall–Kier alpha value is -1.51. The van der Waals surface area contributed by atoms with Crippen molar-refractivity contribution in [3.63, 3.8) is 0 Å². The average molecular weight is 423 g/mol. The van der Waals surface area contributed by atoms with Crippen LogP contribution in [0.15, 0.2) is 35.2 Å². The van der Waals surface area contributed by atoms with Crippen LogP contribution in [-0.2, 0) is 10.0 Å². The van der Waals surface area contributed by atoms with Crippen molar-refractivity contribution in [3.8, 4) is 0 Å². The fourth-order valence-corrected chi connectivity index (χ4v) is 3.78. The highest BCUT2D eigenvalue weighted by atomic mass is 35.5. The molecule has 0 saturated carbocycles. The molecule has 0 aliphatic carbocycles. The van der Waals surface area contributed by atoms with Gasteiger partial charge in [-0.1, -0.05) is 34.8 Å². The van der Waals surface area contributed by atoms with E-state index in [0.29, 0.717) is 5.69 Å². The van der Waals surface area contributed by atoms with E-state index in [-0.39, 0.29) is 31.2 Å². The van der Waals surface area contributed by atoms with E-state index in [4.69, 9.17) is 40.5 Å². The number of sulfonamides is 1. The van der Waals surface area contributed by atoms with E-state index in [2.05, 4.69) is 5.32 Å². The smallest absolute Gasteiger partial charge is 0.255 e. The van der Waals surface area contributed by atoms with E-state index < -0.39 is 15.9 Å². The molecular formula is C15H14Cl3N3O3S. The molecule has 0 atom stereocenters. The monoisotopic (exact) mass is 421 g/mol. The van der Waals surface area contributed by atoms with Gasteiger partial charge in [0.1, 0.15) is 4.90 Å². The van der Waals surface area contributed by atoms with Crippen LogP contribution in [0.1, 0.15) is 10.4 Å². The summed E-state index contributed by atoms with van der Waals surface area (Å²) in [6.07, 6.45) is 0. The molecule has 0 saturated heterocycles. The number of anilines is 2. The first-order valence-corrected chi connectivity index (χ1v) is 9.39. The maximum atomic E-state index is 12.4. The molecule has 0 bridgehead atoms. The minimum Gasteiger partial charge on any atom is -0.396 e. The molecule has 2 rings (SSSR count). The third kappa shape index (κ3) is 4.19. The van der Waals surface area contributed by atoms with Gasteiger partial charge in [-0.05, 0) is 30.3 Å². The van der Waals surface area contributed by atoms with Crippen molar-refractivity contribution in [1.82, 2.24) is 4.31 Å². The number of nitrogens with one attached hydrogen (secondary N) is 1. The second-order valence-electron chi connectivity index (χ2n) is 5.24. The molecule has 0 aliphatic rings. The van der Waals surface area contributed by atoms with Gasteiger partial charge >= 0.3 is 0 Å². The lowest BCUT2D eigenvalue weighted by molar-refractivity contribution is 0.102. The molecule has 2 aromatic carbocycles. The Bertz CT molecular complexity index is 923. The first kappa shape index (κ1) is 19.8. The van der Waals surface area contributed by atoms with E-state index in [1.807, 2.05) is 0 Å². The summed E-state index contributed by atoms with van der Waals surface area (Å²) in [5, 5.41) is 2.98. The van der Waals surface area contributed by atoms with Crippen LogP contribution in [0.3, 0.4) is 0 Å². The second kappa shape index (κ2) is 7.39. The number of nitrogens with zero attached hydrogens (tertiary/aromatic N) is 1. The van der Waals surface area contributed by atoms with Crippen LogP contribution in [0.25, 0.3) is 0 Å². The van der Waals surface area contributed by atoms with E-state index >= 15 is 0 Å². The molecule has 3 N–H and O–H groups in total. The molecule has 0 fully saturated rings. The summed E-state index contributed by atoms with van der Waals surface area (Å²) < 4.78 is 25.6. The Morgan fingerprint density at radius 2 is 1.60 bits per heavy atom. The molecule has 6 nitrogen and oxygen atoms in total. The molecule has 0 spiro atoms. The fraction of sp³-hybridized carbons (Fsp3) is 0.133. The summed E-state index contributed by atoms with van der Waals surface area (Å²) in [4.78, 5) is 12.2. The van der Waals surface area contributed by atoms with Crippen molar-refractivity contribution in [2.24, 2.45) is 0 Å². The topological polar surface area (TPSA) is 92.5 Å². The van der Waals surface area contributed by atoms with Gasteiger partial charge in [-0.15, -0.1) is 0 Å². The minimum atomic E-state index is -3.79. The highest BCUT2D eigenvalue weighted by molar-refractivity contribution is 7.89. The van der Waals surface area contributed by atoms with E-state index in [1.165, 1.54) is 44.4 Å². The van der Waals surface area contributed by atoms with Gasteiger partial charge in [-0.3, -0.25) is 4.79 Å². The van der Waals surface area contributed by atoms with Crippen molar-refractivity contribution >= 4 is 62.1 Å². The van der Waals surface area contributed by atoms with Gasteiger partial charge < -0.3 is 11.1 Å². The molecular weight excluding hydrogens is 409 g/mol. The summed E-state index contributed by atoms with van der Waals surface area (Å²) in [6, 6.07) is 6.83. The maximum absolute atomic E-state index is 12.4. The number of halogens is 3. The van der Waals surface area contributed by atoms with Crippen LogP contribution < -0.4 is 11.1 Å². The summed E-state index contributed by atoms with van der Waals surface area (Å²) in [6.45, 7) is 0. The Morgan fingerprint density at radius 3 is 2.12 bits per heavy atom. The van der Waals surface area contributed by atoms with Crippen LogP contribution in [0.2, 0.25) is 15.1 Å². The molecule has 0 radical (unpaired) electrons. The quantitative estimate of drug-likeness (QED) is 0.734. The molecule has 2 aromatic rings. The molecule has 0 unspecified atom stereocenters. The lowest BCUT2D eigenvalue weighted by Gasteiger charge is -2.14. The van der Waals surface area contributed by atoms with Crippen molar-refractivity contribution < 1.29 is 13.2 Å². The maximum Gasteiger partial charge on any atom is 0.255 e. The van der Waals surface area contributed by atoms with Crippen molar-refractivity contribution in [2.45, 2.75) is 4.90 Å². The zero-order chi connectivity index (χ0) is 18.9.